The molecule has 9 heteroatoms. The molecule has 156 valence electrons. The maximum Gasteiger partial charge on any atom is 0.366 e. The summed E-state index contributed by atoms with van der Waals surface area (Å²) in [6, 6.07) is 17.9. The molecule has 4 rings (SSSR count). The molecule has 0 fully saturated rings. The van der Waals surface area contributed by atoms with Gasteiger partial charge in [0.25, 0.3) is 11.7 Å². The van der Waals surface area contributed by atoms with Crippen LogP contribution in [-0.4, -0.2) is 35.3 Å². The number of ether oxygens (including phenoxy) is 2. The van der Waals surface area contributed by atoms with Gasteiger partial charge in [-0.05, 0) is 28.1 Å². The number of carbonyl (C=O) groups excluding carboxylic acids is 2. The summed E-state index contributed by atoms with van der Waals surface area (Å²) in [7, 11) is 1.48. The number of anilines is 1. The highest BCUT2D eigenvalue weighted by Crippen LogP contribution is 2.38. The van der Waals surface area contributed by atoms with E-state index in [2.05, 4.69) is 4.98 Å². The van der Waals surface area contributed by atoms with Crippen LogP contribution in [0.3, 0.4) is 0 Å². The third-order valence-corrected chi connectivity index (χ3v) is 4.80. The first-order chi connectivity index (χ1) is 15.0. The molecule has 1 atom stereocenters. The molecule has 0 N–H and O–H groups in total. The lowest BCUT2D eigenvalue weighted by molar-refractivity contribution is -0.389. The van der Waals surface area contributed by atoms with E-state index in [1.807, 2.05) is 0 Å². The lowest BCUT2D eigenvalue weighted by Crippen LogP contribution is -2.44. The van der Waals surface area contributed by atoms with Gasteiger partial charge in [0, 0.05) is 17.2 Å². The molecular formula is C22H17N3O6. The zero-order valence-electron chi connectivity index (χ0n) is 16.4. The SMILES string of the molecule is COc1cccc(C(=O)CN2C(=O)C(c3ccccc3)Oc3ccc([N+](=O)[O-])nc32)c1. The number of aromatic nitrogens is 1. The van der Waals surface area contributed by atoms with Crippen LogP contribution in [0.15, 0.2) is 66.7 Å². The van der Waals surface area contributed by atoms with Crippen molar-refractivity contribution < 1.29 is 24.0 Å². The second-order valence-corrected chi connectivity index (χ2v) is 6.74. The molecule has 1 aliphatic heterocycles. The van der Waals surface area contributed by atoms with E-state index in [0.717, 1.165) is 4.90 Å². The van der Waals surface area contributed by atoms with Gasteiger partial charge in [0.2, 0.25) is 6.10 Å². The molecule has 0 bridgehead atoms. The summed E-state index contributed by atoms with van der Waals surface area (Å²) in [6.45, 7) is -0.361. The molecule has 3 aromatic rings. The highest BCUT2D eigenvalue weighted by molar-refractivity contribution is 6.08. The zero-order chi connectivity index (χ0) is 22.0. The normalized spacial score (nSPS) is 15.1. The average Bonchev–Trinajstić information content (AvgIpc) is 2.80. The predicted molar refractivity (Wildman–Crippen MR) is 110 cm³/mol. The van der Waals surface area contributed by atoms with E-state index in [1.165, 1.54) is 19.2 Å². The van der Waals surface area contributed by atoms with Crippen molar-refractivity contribution in [1.29, 1.82) is 0 Å². The number of amides is 1. The standard InChI is InChI=1S/C22H17N3O6/c1-30-16-9-5-8-15(12-16)17(26)13-24-21-18(10-11-19(23-21)25(28)29)31-20(22(24)27)14-6-3-2-4-7-14/h2-12,20H,13H2,1H3. The first-order valence-electron chi connectivity index (χ1n) is 9.33. The van der Waals surface area contributed by atoms with Gasteiger partial charge in [-0.15, -0.1) is 0 Å². The number of fused-ring (bicyclic) bond motifs is 1. The molecule has 2 heterocycles. The van der Waals surface area contributed by atoms with Crippen molar-refractivity contribution in [2.45, 2.75) is 6.10 Å². The lowest BCUT2D eigenvalue weighted by Gasteiger charge is -2.31. The van der Waals surface area contributed by atoms with Gasteiger partial charge >= 0.3 is 5.82 Å². The van der Waals surface area contributed by atoms with E-state index in [-0.39, 0.29) is 23.9 Å². The maximum atomic E-state index is 13.3. The summed E-state index contributed by atoms with van der Waals surface area (Å²) in [5.74, 6) is -0.758. The number of nitrogens with zero attached hydrogens (tertiary/aromatic N) is 3. The van der Waals surface area contributed by atoms with Crippen molar-refractivity contribution in [2.75, 3.05) is 18.6 Å². The minimum absolute atomic E-state index is 0.0670. The van der Waals surface area contributed by atoms with Crippen molar-refractivity contribution in [3.63, 3.8) is 0 Å². The van der Waals surface area contributed by atoms with E-state index < -0.39 is 22.8 Å². The van der Waals surface area contributed by atoms with Crippen molar-refractivity contribution in [2.24, 2.45) is 0 Å². The van der Waals surface area contributed by atoms with Crippen LogP contribution in [0.25, 0.3) is 0 Å². The van der Waals surface area contributed by atoms with Crippen molar-refractivity contribution in [3.8, 4) is 11.5 Å². The molecule has 1 unspecified atom stereocenters. The monoisotopic (exact) mass is 419 g/mol. The minimum atomic E-state index is -1.00. The third-order valence-electron chi connectivity index (χ3n) is 4.80. The van der Waals surface area contributed by atoms with E-state index in [1.54, 1.807) is 54.6 Å². The molecule has 0 saturated heterocycles. The summed E-state index contributed by atoms with van der Waals surface area (Å²) in [5.41, 5.74) is 0.928. The molecule has 9 nitrogen and oxygen atoms in total. The topological polar surface area (TPSA) is 112 Å². The van der Waals surface area contributed by atoms with Crippen molar-refractivity contribution in [1.82, 2.24) is 4.98 Å². The van der Waals surface area contributed by atoms with Crippen molar-refractivity contribution in [3.05, 3.63) is 88.0 Å². The molecule has 1 amide bonds. The van der Waals surface area contributed by atoms with Gasteiger partial charge in [-0.3, -0.25) is 14.5 Å². The number of hydrogen-bond acceptors (Lipinski definition) is 7. The second kappa shape index (κ2) is 8.23. The second-order valence-electron chi connectivity index (χ2n) is 6.74. The summed E-state index contributed by atoms with van der Waals surface area (Å²) in [4.78, 5) is 41.8. The van der Waals surface area contributed by atoms with Crippen LogP contribution in [0.1, 0.15) is 22.0 Å². The fourth-order valence-electron chi connectivity index (χ4n) is 3.26. The Bertz CT molecular complexity index is 1160. The van der Waals surface area contributed by atoms with Gasteiger partial charge in [-0.2, -0.15) is 0 Å². The van der Waals surface area contributed by atoms with Crippen molar-refractivity contribution >= 4 is 23.3 Å². The zero-order valence-corrected chi connectivity index (χ0v) is 16.4. The Balaban J connectivity index is 1.74. The number of methoxy groups -OCH3 is 1. The Hall–Kier alpha value is -4.27. The van der Waals surface area contributed by atoms with Crippen LogP contribution >= 0.6 is 0 Å². The number of benzene rings is 2. The Morgan fingerprint density at radius 2 is 1.94 bits per heavy atom. The quantitative estimate of drug-likeness (QED) is 0.342. The third kappa shape index (κ3) is 3.93. The molecule has 2 aromatic carbocycles. The Kier molecular flexibility index (Phi) is 5.31. The van der Waals surface area contributed by atoms with E-state index in [9.17, 15) is 19.7 Å². The van der Waals surface area contributed by atoms with Gasteiger partial charge in [0.05, 0.1) is 13.7 Å². The number of rotatable bonds is 6. The van der Waals surface area contributed by atoms with Gasteiger partial charge in [-0.1, -0.05) is 42.5 Å². The van der Waals surface area contributed by atoms with Gasteiger partial charge in [0.1, 0.15) is 5.75 Å². The number of nitro groups is 1. The highest BCUT2D eigenvalue weighted by atomic mass is 16.6. The summed E-state index contributed by atoms with van der Waals surface area (Å²) < 4.78 is 11.0. The van der Waals surface area contributed by atoms with Gasteiger partial charge in [-0.25, -0.2) is 0 Å². The first kappa shape index (κ1) is 20.0. The average molecular weight is 419 g/mol. The molecule has 0 radical (unpaired) electrons. The largest absolute Gasteiger partial charge is 0.497 e. The molecule has 0 spiro atoms. The van der Waals surface area contributed by atoms with Crippen LogP contribution in [0.2, 0.25) is 0 Å². The fraction of sp³-hybridized carbons (Fsp3) is 0.136. The van der Waals surface area contributed by atoms with Crippen LogP contribution in [0.4, 0.5) is 11.6 Å². The van der Waals surface area contributed by atoms with E-state index >= 15 is 0 Å². The van der Waals surface area contributed by atoms with E-state index in [0.29, 0.717) is 16.9 Å². The first-order valence-corrected chi connectivity index (χ1v) is 9.33. The van der Waals surface area contributed by atoms with Crippen LogP contribution in [0, 0.1) is 10.1 Å². The summed E-state index contributed by atoms with van der Waals surface area (Å²) in [5, 5.41) is 11.2. The van der Waals surface area contributed by atoms with E-state index in [4.69, 9.17) is 9.47 Å². The fourth-order valence-corrected chi connectivity index (χ4v) is 3.26. The van der Waals surface area contributed by atoms with Crippen LogP contribution in [-0.2, 0) is 4.79 Å². The molecule has 1 aliphatic rings. The van der Waals surface area contributed by atoms with Crippen LogP contribution < -0.4 is 14.4 Å². The predicted octanol–water partition coefficient (Wildman–Crippen LogP) is 3.35. The Morgan fingerprint density at radius 3 is 2.65 bits per heavy atom. The lowest BCUT2D eigenvalue weighted by atomic mass is 10.1. The molecule has 1 aromatic heterocycles. The molecule has 0 aliphatic carbocycles. The molecule has 31 heavy (non-hydrogen) atoms. The maximum absolute atomic E-state index is 13.3. The number of carbonyl (C=O) groups is 2. The Morgan fingerprint density at radius 1 is 1.16 bits per heavy atom. The number of hydrogen-bond donors (Lipinski definition) is 0. The highest BCUT2D eigenvalue weighted by Gasteiger charge is 2.40. The van der Waals surface area contributed by atoms with Gasteiger partial charge < -0.3 is 19.6 Å². The summed E-state index contributed by atoms with van der Waals surface area (Å²) in [6.07, 6.45) is -1.00. The smallest absolute Gasteiger partial charge is 0.366 e. The number of Topliss-reactive ketones (excluding diaryl/α,β-unsaturated/α-hetero) is 1. The van der Waals surface area contributed by atoms with Gasteiger partial charge in [0.15, 0.2) is 11.5 Å². The Labute approximate surface area is 177 Å². The summed E-state index contributed by atoms with van der Waals surface area (Å²) >= 11 is 0. The molecule has 0 saturated carbocycles. The van der Waals surface area contributed by atoms with Crippen LogP contribution in [0.5, 0.6) is 11.5 Å². The minimum Gasteiger partial charge on any atom is -0.497 e. The number of ketones is 1. The molecular weight excluding hydrogens is 402 g/mol. The number of pyridine rings is 1.